The van der Waals surface area contributed by atoms with Gasteiger partial charge < -0.3 is 9.80 Å². The molecule has 0 saturated carbocycles. The van der Waals surface area contributed by atoms with Crippen LogP contribution < -0.4 is 9.80 Å². The summed E-state index contributed by atoms with van der Waals surface area (Å²) in [6, 6.07) is 18.8. The number of carbonyl (C=O) groups is 1. The van der Waals surface area contributed by atoms with Gasteiger partial charge in [-0.2, -0.15) is 0 Å². The topological polar surface area (TPSA) is 49.3 Å². The van der Waals surface area contributed by atoms with Gasteiger partial charge in [0.25, 0.3) is 5.91 Å². The molecule has 2 aromatic carbocycles. The van der Waals surface area contributed by atoms with Crippen molar-refractivity contribution in [1.29, 1.82) is 0 Å². The fourth-order valence-corrected chi connectivity index (χ4v) is 2.39. The molecule has 0 saturated heterocycles. The van der Waals surface area contributed by atoms with Crippen molar-refractivity contribution in [2.24, 2.45) is 0 Å². The fraction of sp³-hybridized carbons (Fsp3) is 0.105. The molecule has 0 fully saturated rings. The summed E-state index contributed by atoms with van der Waals surface area (Å²) in [6.07, 6.45) is 3.38. The number of hydrogen-bond acceptors (Lipinski definition) is 4. The van der Waals surface area contributed by atoms with Gasteiger partial charge in [0, 0.05) is 43.4 Å². The van der Waals surface area contributed by atoms with Crippen molar-refractivity contribution in [1.82, 2.24) is 9.97 Å². The Bertz CT molecular complexity index is 821. The Morgan fingerprint density at radius 3 is 2.21 bits per heavy atom. The Labute approximate surface area is 141 Å². The molecule has 120 valence electrons. The first-order chi connectivity index (χ1) is 11.7. The lowest BCUT2D eigenvalue weighted by atomic mass is 10.1. The molecule has 0 aliphatic carbocycles. The molecule has 5 nitrogen and oxygen atoms in total. The van der Waals surface area contributed by atoms with Gasteiger partial charge in [0.05, 0.1) is 0 Å². The fourth-order valence-electron chi connectivity index (χ4n) is 2.39. The van der Waals surface area contributed by atoms with Gasteiger partial charge in [0.1, 0.15) is 0 Å². The standard InChI is InChI=1S/C19H18N4O/c1-22(16-9-4-3-5-10-16)18(24)15-8-6-11-17(14-15)23(2)19-20-12-7-13-21-19/h3-14H,1-2H3. The van der Waals surface area contributed by atoms with Crippen LogP contribution in [0.25, 0.3) is 0 Å². The summed E-state index contributed by atoms with van der Waals surface area (Å²) in [5, 5.41) is 0. The molecule has 5 heteroatoms. The van der Waals surface area contributed by atoms with Crippen molar-refractivity contribution >= 4 is 23.2 Å². The molecule has 1 amide bonds. The highest BCUT2D eigenvalue weighted by molar-refractivity contribution is 6.06. The molecular weight excluding hydrogens is 300 g/mol. The van der Waals surface area contributed by atoms with Crippen LogP contribution in [0.2, 0.25) is 0 Å². The SMILES string of the molecule is CN(C(=O)c1cccc(N(C)c2ncccn2)c1)c1ccccc1. The second kappa shape index (κ2) is 6.91. The number of nitrogens with zero attached hydrogens (tertiary/aromatic N) is 4. The lowest BCUT2D eigenvalue weighted by Gasteiger charge is -2.20. The predicted molar refractivity (Wildman–Crippen MR) is 95.7 cm³/mol. The maximum atomic E-state index is 12.7. The van der Waals surface area contributed by atoms with E-state index < -0.39 is 0 Å². The quantitative estimate of drug-likeness (QED) is 0.738. The number of para-hydroxylation sites is 1. The second-order valence-corrected chi connectivity index (χ2v) is 5.36. The maximum absolute atomic E-state index is 12.7. The number of benzene rings is 2. The van der Waals surface area contributed by atoms with E-state index >= 15 is 0 Å². The van der Waals surface area contributed by atoms with Crippen LogP contribution in [0, 0.1) is 0 Å². The smallest absolute Gasteiger partial charge is 0.258 e. The van der Waals surface area contributed by atoms with Crippen LogP contribution in [0.1, 0.15) is 10.4 Å². The van der Waals surface area contributed by atoms with Gasteiger partial charge in [-0.1, -0.05) is 24.3 Å². The first-order valence-electron chi connectivity index (χ1n) is 7.61. The molecule has 0 atom stereocenters. The first kappa shape index (κ1) is 15.7. The lowest BCUT2D eigenvalue weighted by Crippen LogP contribution is -2.26. The Hall–Kier alpha value is -3.21. The van der Waals surface area contributed by atoms with Crippen LogP contribution in [-0.4, -0.2) is 30.0 Å². The van der Waals surface area contributed by atoms with Gasteiger partial charge in [-0.05, 0) is 36.4 Å². The maximum Gasteiger partial charge on any atom is 0.258 e. The molecule has 0 aliphatic rings. The summed E-state index contributed by atoms with van der Waals surface area (Å²) in [5.74, 6) is 0.518. The van der Waals surface area contributed by atoms with Crippen LogP contribution >= 0.6 is 0 Å². The Morgan fingerprint density at radius 2 is 1.50 bits per heavy atom. The number of carbonyl (C=O) groups excluding carboxylic acids is 1. The summed E-state index contributed by atoms with van der Waals surface area (Å²) in [7, 11) is 3.65. The summed E-state index contributed by atoms with van der Waals surface area (Å²) >= 11 is 0. The minimum atomic E-state index is -0.0644. The first-order valence-corrected chi connectivity index (χ1v) is 7.61. The minimum absolute atomic E-state index is 0.0644. The van der Waals surface area contributed by atoms with Gasteiger partial charge in [-0.3, -0.25) is 4.79 Å². The molecular formula is C19H18N4O. The number of amides is 1. The summed E-state index contributed by atoms with van der Waals surface area (Å²) in [5.41, 5.74) is 2.32. The molecule has 24 heavy (non-hydrogen) atoms. The van der Waals surface area contributed by atoms with Crippen molar-refractivity contribution in [3.8, 4) is 0 Å². The average Bonchev–Trinajstić information content (AvgIpc) is 2.67. The van der Waals surface area contributed by atoms with Crippen molar-refractivity contribution in [3.63, 3.8) is 0 Å². The highest BCUT2D eigenvalue weighted by atomic mass is 16.2. The van der Waals surface area contributed by atoms with Crippen LogP contribution in [0.3, 0.4) is 0 Å². The number of anilines is 3. The van der Waals surface area contributed by atoms with Crippen molar-refractivity contribution in [2.45, 2.75) is 0 Å². The molecule has 0 bridgehead atoms. The normalized spacial score (nSPS) is 10.2. The molecule has 0 N–H and O–H groups in total. The molecule has 1 heterocycles. The number of aromatic nitrogens is 2. The van der Waals surface area contributed by atoms with Gasteiger partial charge >= 0.3 is 0 Å². The van der Waals surface area contributed by atoms with Crippen LogP contribution in [0.5, 0.6) is 0 Å². The largest absolute Gasteiger partial charge is 0.314 e. The van der Waals surface area contributed by atoms with Crippen LogP contribution in [0.15, 0.2) is 73.1 Å². The van der Waals surface area contributed by atoms with E-state index in [4.69, 9.17) is 0 Å². The molecule has 0 aliphatic heterocycles. The third kappa shape index (κ3) is 3.25. The molecule has 0 radical (unpaired) electrons. The van der Waals surface area contributed by atoms with E-state index in [9.17, 15) is 4.79 Å². The average molecular weight is 318 g/mol. The highest BCUT2D eigenvalue weighted by Crippen LogP contribution is 2.22. The molecule has 1 aromatic heterocycles. The lowest BCUT2D eigenvalue weighted by molar-refractivity contribution is 0.0993. The third-order valence-corrected chi connectivity index (χ3v) is 3.78. The van der Waals surface area contributed by atoms with Crippen molar-refractivity contribution in [3.05, 3.63) is 78.6 Å². The molecule has 3 rings (SSSR count). The summed E-state index contributed by atoms with van der Waals surface area (Å²) < 4.78 is 0. The van der Waals surface area contributed by atoms with E-state index in [-0.39, 0.29) is 5.91 Å². The van der Waals surface area contributed by atoms with Crippen molar-refractivity contribution in [2.75, 3.05) is 23.9 Å². The van der Waals surface area contributed by atoms with E-state index in [1.165, 1.54) is 0 Å². The summed E-state index contributed by atoms with van der Waals surface area (Å²) in [4.78, 5) is 24.7. The zero-order valence-electron chi connectivity index (χ0n) is 13.6. The molecule has 0 spiro atoms. The van der Waals surface area contributed by atoms with Crippen LogP contribution in [0.4, 0.5) is 17.3 Å². The number of rotatable bonds is 4. The van der Waals surface area contributed by atoms with E-state index in [2.05, 4.69) is 9.97 Å². The van der Waals surface area contributed by atoms with Gasteiger partial charge in [-0.15, -0.1) is 0 Å². The number of hydrogen-bond donors (Lipinski definition) is 0. The van der Waals surface area contributed by atoms with Gasteiger partial charge in [0.2, 0.25) is 5.95 Å². The van der Waals surface area contributed by atoms with E-state index in [1.807, 2.05) is 66.5 Å². The third-order valence-electron chi connectivity index (χ3n) is 3.78. The zero-order valence-corrected chi connectivity index (χ0v) is 13.6. The van der Waals surface area contributed by atoms with E-state index in [0.717, 1.165) is 11.4 Å². The summed E-state index contributed by atoms with van der Waals surface area (Å²) in [6.45, 7) is 0. The second-order valence-electron chi connectivity index (χ2n) is 5.36. The van der Waals surface area contributed by atoms with Gasteiger partial charge in [-0.25, -0.2) is 9.97 Å². The molecule has 3 aromatic rings. The van der Waals surface area contributed by atoms with Gasteiger partial charge in [0.15, 0.2) is 0 Å². The Morgan fingerprint density at radius 1 is 0.833 bits per heavy atom. The predicted octanol–water partition coefficient (Wildman–Crippen LogP) is 3.52. The zero-order chi connectivity index (χ0) is 16.9. The highest BCUT2D eigenvalue weighted by Gasteiger charge is 2.15. The van der Waals surface area contributed by atoms with E-state index in [0.29, 0.717) is 11.5 Å². The molecule has 0 unspecified atom stereocenters. The minimum Gasteiger partial charge on any atom is -0.314 e. The monoisotopic (exact) mass is 318 g/mol. The Balaban J connectivity index is 1.86. The van der Waals surface area contributed by atoms with Crippen molar-refractivity contribution < 1.29 is 4.79 Å². The van der Waals surface area contributed by atoms with E-state index in [1.54, 1.807) is 30.4 Å². The van der Waals surface area contributed by atoms with Crippen LogP contribution in [-0.2, 0) is 0 Å². The Kier molecular flexibility index (Phi) is 4.52.